The van der Waals surface area contributed by atoms with Crippen molar-refractivity contribution in [3.8, 4) is 0 Å². The van der Waals surface area contributed by atoms with Crippen LogP contribution in [0.15, 0.2) is 18.5 Å². The molecule has 7 heteroatoms. The van der Waals surface area contributed by atoms with Crippen LogP contribution in [0.1, 0.15) is 12.6 Å². The standard InChI is InChI=1S/C14H18N4O3/c1-3-17(12-8-21-7-10(12)14(19)20)13-11-6-9(2)16-18(11)5-4-15-13/h4-6,10,12H,3,7-8H2,1-2H3,(H,19,20). The highest BCUT2D eigenvalue weighted by molar-refractivity contribution is 5.74. The maximum absolute atomic E-state index is 11.4. The number of aryl methyl sites for hydroxylation is 1. The molecule has 0 aliphatic carbocycles. The number of likely N-dealkylation sites (N-methyl/N-ethyl adjacent to an activating group) is 1. The third-order valence-electron chi connectivity index (χ3n) is 3.87. The fourth-order valence-corrected chi connectivity index (χ4v) is 2.88. The van der Waals surface area contributed by atoms with Gasteiger partial charge in [-0.15, -0.1) is 0 Å². The quantitative estimate of drug-likeness (QED) is 0.903. The largest absolute Gasteiger partial charge is 0.481 e. The fourth-order valence-electron chi connectivity index (χ4n) is 2.88. The number of nitrogens with zero attached hydrogens (tertiary/aromatic N) is 4. The lowest BCUT2D eigenvalue weighted by molar-refractivity contribution is -0.141. The van der Waals surface area contributed by atoms with Crippen LogP contribution in [0.2, 0.25) is 0 Å². The predicted octanol–water partition coefficient (Wildman–Crippen LogP) is 0.964. The molecule has 7 nitrogen and oxygen atoms in total. The average molecular weight is 290 g/mol. The van der Waals surface area contributed by atoms with Crippen LogP contribution in [0.25, 0.3) is 5.52 Å². The Labute approximate surface area is 122 Å². The predicted molar refractivity (Wildman–Crippen MR) is 76.5 cm³/mol. The van der Waals surface area contributed by atoms with Crippen LogP contribution in [0.5, 0.6) is 0 Å². The Morgan fingerprint density at radius 2 is 2.38 bits per heavy atom. The van der Waals surface area contributed by atoms with Crippen molar-refractivity contribution >= 4 is 17.3 Å². The summed E-state index contributed by atoms with van der Waals surface area (Å²) in [5, 5.41) is 13.7. The molecule has 2 unspecified atom stereocenters. The van der Waals surface area contributed by atoms with Crippen molar-refractivity contribution in [1.82, 2.24) is 14.6 Å². The van der Waals surface area contributed by atoms with E-state index < -0.39 is 11.9 Å². The van der Waals surface area contributed by atoms with Gasteiger partial charge in [0.05, 0.1) is 24.9 Å². The van der Waals surface area contributed by atoms with Gasteiger partial charge in [-0.25, -0.2) is 9.50 Å². The third-order valence-corrected chi connectivity index (χ3v) is 3.87. The van der Waals surface area contributed by atoms with Gasteiger partial charge < -0.3 is 14.7 Å². The van der Waals surface area contributed by atoms with Gasteiger partial charge in [0.1, 0.15) is 11.4 Å². The summed E-state index contributed by atoms with van der Waals surface area (Å²) >= 11 is 0. The number of fused-ring (bicyclic) bond motifs is 1. The first-order chi connectivity index (χ1) is 10.1. The van der Waals surface area contributed by atoms with Crippen molar-refractivity contribution in [3.63, 3.8) is 0 Å². The van der Waals surface area contributed by atoms with Crippen LogP contribution in [-0.2, 0) is 9.53 Å². The van der Waals surface area contributed by atoms with E-state index in [1.54, 1.807) is 16.9 Å². The summed E-state index contributed by atoms with van der Waals surface area (Å²) in [6.07, 6.45) is 3.47. The van der Waals surface area contributed by atoms with E-state index >= 15 is 0 Å². The Morgan fingerprint density at radius 1 is 1.57 bits per heavy atom. The monoisotopic (exact) mass is 290 g/mol. The molecule has 2 aromatic heterocycles. The van der Waals surface area contributed by atoms with E-state index in [1.165, 1.54) is 0 Å². The molecule has 3 rings (SSSR count). The second-order valence-electron chi connectivity index (χ2n) is 5.20. The Kier molecular flexibility index (Phi) is 3.50. The molecule has 0 aromatic carbocycles. The molecule has 2 atom stereocenters. The Hall–Kier alpha value is -2.15. The first-order valence-electron chi connectivity index (χ1n) is 7.00. The summed E-state index contributed by atoms with van der Waals surface area (Å²) in [4.78, 5) is 17.8. The summed E-state index contributed by atoms with van der Waals surface area (Å²) in [6, 6.07) is 1.75. The lowest BCUT2D eigenvalue weighted by Gasteiger charge is -2.30. The van der Waals surface area contributed by atoms with Crippen molar-refractivity contribution < 1.29 is 14.6 Å². The maximum atomic E-state index is 11.4. The molecule has 0 bridgehead atoms. The zero-order valence-electron chi connectivity index (χ0n) is 12.1. The summed E-state index contributed by atoms with van der Waals surface area (Å²) < 4.78 is 7.15. The third kappa shape index (κ3) is 2.33. The van der Waals surface area contributed by atoms with Gasteiger partial charge in [0.2, 0.25) is 0 Å². The lowest BCUT2D eigenvalue weighted by atomic mass is 10.0. The normalized spacial score (nSPS) is 21.8. The first kappa shape index (κ1) is 13.8. The SMILES string of the molecule is CCN(c1nccn2nc(C)cc12)C1COCC1C(=O)O. The number of anilines is 1. The molecule has 1 aliphatic heterocycles. The molecule has 1 saturated heterocycles. The van der Waals surface area contributed by atoms with Gasteiger partial charge in [-0.2, -0.15) is 5.10 Å². The van der Waals surface area contributed by atoms with Gasteiger partial charge in [0.25, 0.3) is 0 Å². The lowest BCUT2D eigenvalue weighted by Crippen LogP contribution is -2.43. The van der Waals surface area contributed by atoms with E-state index in [9.17, 15) is 9.90 Å². The smallest absolute Gasteiger partial charge is 0.311 e. The van der Waals surface area contributed by atoms with Crippen LogP contribution in [0, 0.1) is 12.8 Å². The summed E-state index contributed by atoms with van der Waals surface area (Å²) in [5.74, 6) is -0.606. The molecule has 21 heavy (non-hydrogen) atoms. The van der Waals surface area contributed by atoms with Gasteiger partial charge in [0.15, 0.2) is 5.82 Å². The molecule has 1 N–H and O–H groups in total. The highest BCUT2D eigenvalue weighted by atomic mass is 16.5. The van der Waals surface area contributed by atoms with Crippen molar-refractivity contribution in [2.75, 3.05) is 24.7 Å². The van der Waals surface area contributed by atoms with Crippen molar-refractivity contribution in [3.05, 3.63) is 24.2 Å². The van der Waals surface area contributed by atoms with Gasteiger partial charge in [0, 0.05) is 18.9 Å². The zero-order valence-corrected chi connectivity index (χ0v) is 12.1. The second-order valence-corrected chi connectivity index (χ2v) is 5.20. The zero-order chi connectivity index (χ0) is 15.0. The summed E-state index contributed by atoms with van der Waals surface area (Å²) in [5.41, 5.74) is 1.78. The van der Waals surface area contributed by atoms with Crippen LogP contribution in [0.4, 0.5) is 5.82 Å². The molecule has 0 spiro atoms. The summed E-state index contributed by atoms with van der Waals surface area (Å²) in [7, 11) is 0. The highest BCUT2D eigenvalue weighted by Gasteiger charge is 2.38. The minimum Gasteiger partial charge on any atom is -0.481 e. The number of carboxylic acid groups (broad SMARTS) is 1. The fraction of sp³-hybridized carbons (Fsp3) is 0.500. The number of carbonyl (C=O) groups is 1. The minimum absolute atomic E-state index is 0.207. The number of hydrogen-bond donors (Lipinski definition) is 1. The number of rotatable bonds is 4. The maximum Gasteiger partial charge on any atom is 0.311 e. The molecule has 1 aliphatic rings. The van der Waals surface area contributed by atoms with E-state index in [2.05, 4.69) is 10.1 Å². The van der Waals surface area contributed by atoms with E-state index in [4.69, 9.17) is 4.74 Å². The number of ether oxygens (including phenoxy) is 1. The molecule has 3 heterocycles. The molecule has 0 radical (unpaired) electrons. The van der Waals surface area contributed by atoms with E-state index in [0.717, 1.165) is 17.0 Å². The molecule has 0 saturated carbocycles. The van der Waals surface area contributed by atoms with Crippen molar-refractivity contribution in [1.29, 1.82) is 0 Å². The van der Waals surface area contributed by atoms with Crippen molar-refractivity contribution in [2.24, 2.45) is 5.92 Å². The molecule has 2 aromatic rings. The number of aliphatic carboxylic acids is 1. The van der Waals surface area contributed by atoms with Gasteiger partial charge in [-0.3, -0.25) is 4.79 Å². The molecule has 112 valence electrons. The van der Waals surface area contributed by atoms with Crippen LogP contribution < -0.4 is 4.90 Å². The Bertz CT molecular complexity index is 669. The van der Waals surface area contributed by atoms with E-state index in [-0.39, 0.29) is 12.6 Å². The van der Waals surface area contributed by atoms with E-state index in [1.807, 2.05) is 24.8 Å². The molecule has 0 amide bonds. The van der Waals surface area contributed by atoms with Crippen LogP contribution in [0.3, 0.4) is 0 Å². The second kappa shape index (κ2) is 5.33. The van der Waals surface area contributed by atoms with E-state index in [0.29, 0.717) is 13.2 Å². The minimum atomic E-state index is -0.826. The highest BCUT2D eigenvalue weighted by Crippen LogP contribution is 2.27. The van der Waals surface area contributed by atoms with Gasteiger partial charge in [-0.1, -0.05) is 0 Å². The van der Waals surface area contributed by atoms with Crippen LogP contribution in [-0.4, -0.2) is 51.5 Å². The molecular weight excluding hydrogens is 272 g/mol. The van der Waals surface area contributed by atoms with Gasteiger partial charge >= 0.3 is 5.97 Å². The summed E-state index contributed by atoms with van der Waals surface area (Å²) in [6.45, 7) is 5.23. The van der Waals surface area contributed by atoms with Gasteiger partial charge in [-0.05, 0) is 19.9 Å². The number of carboxylic acids is 1. The van der Waals surface area contributed by atoms with Crippen molar-refractivity contribution in [2.45, 2.75) is 19.9 Å². The molecule has 1 fully saturated rings. The number of hydrogen-bond acceptors (Lipinski definition) is 5. The Morgan fingerprint density at radius 3 is 3.10 bits per heavy atom. The topological polar surface area (TPSA) is 80.0 Å². The Balaban J connectivity index is 2.04. The van der Waals surface area contributed by atoms with Crippen LogP contribution >= 0.6 is 0 Å². The average Bonchev–Trinajstić information content (AvgIpc) is 3.05. The first-order valence-corrected chi connectivity index (χ1v) is 7.00. The molecular formula is C14H18N4O3. The number of aromatic nitrogens is 3.